The number of hydrazone groups is 1. The van der Waals surface area contributed by atoms with Gasteiger partial charge >= 0.3 is 0 Å². The van der Waals surface area contributed by atoms with E-state index >= 15 is 0 Å². The van der Waals surface area contributed by atoms with Crippen molar-refractivity contribution >= 4 is 28.0 Å². The molecule has 0 bridgehead atoms. The standard InChI is InChI=1S/C12H20N4O4S2/c1-8(2)9(7-13-16-22(5,17)18)21-12-14-10(19-3)6-11(15-12)20-4/h6-9,16H,1-5H3/b13-7+. The van der Waals surface area contributed by atoms with E-state index < -0.39 is 10.0 Å². The molecule has 1 heterocycles. The first kappa shape index (κ1) is 18.5. The molecule has 0 aliphatic heterocycles. The highest BCUT2D eigenvalue weighted by Crippen LogP contribution is 2.27. The van der Waals surface area contributed by atoms with Gasteiger partial charge in [0, 0.05) is 6.21 Å². The summed E-state index contributed by atoms with van der Waals surface area (Å²) in [7, 11) is -0.353. The van der Waals surface area contributed by atoms with E-state index in [0.29, 0.717) is 16.9 Å². The quantitative estimate of drug-likeness (QED) is 0.325. The molecular formula is C12H20N4O4S2. The van der Waals surface area contributed by atoms with E-state index in [1.165, 1.54) is 32.2 Å². The summed E-state index contributed by atoms with van der Waals surface area (Å²) in [5, 5.41) is 4.08. The van der Waals surface area contributed by atoms with Crippen molar-refractivity contribution in [3.63, 3.8) is 0 Å². The Balaban J connectivity index is 2.91. The SMILES string of the molecule is COc1cc(OC)nc(SC(/C=N/NS(C)(=O)=O)C(C)C)n1. The summed E-state index contributed by atoms with van der Waals surface area (Å²) < 4.78 is 32.2. The van der Waals surface area contributed by atoms with Crippen LogP contribution in [0.25, 0.3) is 0 Å². The first-order valence-corrected chi connectivity index (χ1v) is 9.16. The van der Waals surface area contributed by atoms with Crippen LogP contribution < -0.4 is 14.3 Å². The first-order chi connectivity index (χ1) is 10.2. The summed E-state index contributed by atoms with van der Waals surface area (Å²) in [5.41, 5.74) is 0. The Hall–Kier alpha value is -1.55. The molecule has 10 heteroatoms. The van der Waals surface area contributed by atoms with Crippen LogP contribution in [0.15, 0.2) is 16.3 Å². The number of aromatic nitrogens is 2. The molecule has 124 valence electrons. The van der Waals surface area contributed by atoms with Crippen LogP contribution in [0.1, 0.15) is 13.8 Å². The molecule has 0 aliphatic rings. The number of methoxy groups -OCH3 is 2. The van der Waals surface area contributed by atoms with Crippen molar-refractivity contribution in [1.29, 1.82) is 0 Å². The van der Waals surface area contributed by atoms with E-state index in [2.05, 4.69) is 19.9 Å². The molecule has 0 saturated heterocycles. The van der Waals surface area contributed by atoms with Crippen LogP contribution >= 0.6 is 11.8 Å². The van der Waals surface area contributed by atoms with Gasteiger partial charge in [0.15, 0.2) is 5.16 Å². The lowest BCUT2D eigenvalue weighted by molar-refractivity contribution is 0.364. The minimum absolute atomic E-state index is 0.119. The van der Waals surface area contributed by atoms with Gasteiger partial charge in [-0.05, 0) is 5.92 Å². The normalized spacial score (nSPS) is 13.4. The van der Waals surface area contributed by atoms with E-state index in [4.69, 9.17) is 9.47 Å². The van der Waals surface area contributed by atoms with E-state index in [1.807, 2.05) is 13.8 Å². The Morgan fingerprint density at radius 2 is 1.82 bits per heavy atom. The highest BCUT2D eigenvalue weighted by Gasteiger charge is 2.16. The van der Waals surface area contributed by atoms with Crippen molar-refractivity contribution in [2.75, 3.05) is 20.5 Å². The fourth-order valence-corrected chi connectivity index (χ4v) is 2.48. The number of nitrogens with zero attached hydrogens (tertiary/aromatic N) is 3. The molecule has 1 unspecified atom stereocenters. The molecule has 0 fully saturated rings. The molecule has 0 saturated carbocycles. The summed E-state index contributed by atoms with van der Waals surface area (Å²) in [4.78, 5) is 10.5. The summed E-state index contributed by atoms with van der Waals surface area (Å²) in [6, 6.07) is 1.58. The zero-order chi connectivity index (χ0) is 16.8. The maximum absolute atomic E-state index is 11.0. The first-order valence-electron chi connectivity index (χ1n) is 6.39. The van der Waals surface area contributed by atoms with Crippen molar-refractivity contribution in [1.82, 2.24) is 14.8 Å². The second-order valence-corrected chi connectivity index (χ2v) is 7.58. The summed E-state index contributed by atoms with van der Waals surface area (Å²) in [6.07, 6.45) is 2.56. The molecule has 1 N–H and O–H groups in total. The lowest BCUT2D eigenvalue weighted by atomic mass is 10.1. The zero-order valence-electron chi connectivity index (χ0n) is 13.1. The third-order valence-electron chi connectivity index (χ3n) is 2.42. The van der Waals surface area contributed by atoms with Gasteiger partial charge in [-0.1, -0.05) is 25.6 Å². The molecule has 8 nitrogen and oxygen atoms in total. The Morgan fingerprint density at radius 3 is 2.23 bits per heavy atom. The fourth-order valence-electron chi connectivity index (χ4n) is 1.31. The molecule has 1 atom stereocenters. The van der Waals surface area contributed by atoms with Crippen LogP contribution in [0, 0.1) is 5.92 Å². The van der Waals surface area contributed by atoms with E-state index in [9.17, 15) is 8.42 Å². The molecule has 0 aromatic carbocycles. The van der Waals surface area contributed by atoms with Crippen molar-refractivity contribution in [3.05, 3.63) is 6.07 Å². The molecule has 0 spiro atoms. The van der Waals surface area contributed by atoms with Gasteiger partial charge in [-0.15, -0.1) is 0 Å². The Labute approximate surface area is 134 Å². The van der Waals surface area contributed by atoms with Gasteiger partial charge < -0.3 is 9.47 Å². The Kier molecular flexibility index (Phi) is 6.88. The van der Waals surface area contributed by atoms with Crippen LogP contribution in [0.3, 0.4) is 0 Å². The number of ether oxygens (including phenoxy) is 2. The highest BCUT2D eigenvalue weighted by atomic mass is 32.2. The van der Waals surface area contributed by atoms with Crippen molar-refractivity contribution in [3.8, 4) is 11.8 Å². The third-order valence-corrected chi connectivity index (χ3v) is 4.18. The molecule has 22 heavy (non-hydrogen) atoms. The molecule has 0 radical (unpaired) electrons. The molecule has 0 amide bonds. The van der Waals surface area contributed by atoms with Crippen LogP contribution in [-0.4, -0.2) is 50.3 Å². The minimum Gasteiger partial charge on any atom is -0.481 e. The Bertz CT molecular complexity index is 597. The molecule has 1 rings (SSSR count). The van der Waals surface area contributed by atoms with Gasteiger partial charge in [0.1, 0.15) is 0 Å². The van der Waals surface area contributed by atoms with Gasteiger partial charge in [0.25, 0.3) is 0 Å². The molecule has 1 aromatic rings. The van der Waals surface area contributed by atoms with E-state index in [0.717, 1.165) is 6.26 Å². The van der Waals surface area contributed by atoms with Crippen LogP contribution in [0.2, 0.25) is 0 Å². The smallest absolute Gasteiger partial charge is 0.244 e. The predicted molar refractivity (Wildman–Crippen MR) is 86.1 cm³/mol. The largest absolute Gasteiger partial charge is 0.481 e. The molecule has 0 aliphatic carbocycles. The van der Waals surface area contributed by atoms with E-state index in [1.54, 1.807) is 6.07 Å². The number of hydrogen-bond donors (Lipinski definition) is 1. The van der Waals surface area contributed by atoms with Gasteiger partial charge in [-0.25, -0.2) is 13.2 Å². The average molecular weight is 348 g/mol. The van der Waals surface area contributed by atoms with Gasteiger partial charge in [0.2, 0.25) is 21.8 Å². The van der Waals surface area contributed by atoms with E-state index in [-0.39, 0.29) is 11.2 Å². The van der Waals surface area contributed by atoms with Crippen molar-refractivity contribution in [2.45, 2.75) is 24.3 Å². The van der Waals surface area contributed by atoms with Crippen molar-refractivity contribution in [2.24, 2.45) is 11.0 Å². The lowest BCUT2D eigenvalue weighted by Crippen LogP contribution is -2.20. The lowest BCUT2D eigenvalue weighted by Gasteiger charge is -2.15. The van der Waals surface area contributed by atoms with Gasteiger partial charge in [-0.2, -0.15) is 15.1 Å². The summed E-state index contributed by atoms with van der Waals surface area (Å²) >= 11 is 1.34. The van der Waals surface area contributed by atoms with Crippen LogP contribution in [0.4, 0.5) is 0 Å². The Morgan fingerprint density at radius 1 is 1.27 bits per heavy atom. The van der Waals surface area contributed by atoms with Crippen molar-refractivity contribution < 1.29 is 17.9 Å². The fraction of sp³-hybridized carbons (Fsp3) is 0.583. The second kappa shape index (κ2) is 8.18. The summed E-state index contributed by atoms with van der Waals surface area (Å²) in [5.74, 6) is 0.974. The zero-order valence-corrected chi connectivity index (χ0v) is 14.7. The molecular weight excluding hydrogens is 328 g/mol. The van der Waals surface area contributed by atoms with Crippen LogP contribution in [-0.2, 0) is 10.0 Å². The number of rotatable bonds is 8. The third kappa shape index (κ3) is 6.48. The number of hydrogen-bond acceptors (Lipinski definition) is 8. The average Bonchev–Trinajstić information content (AvgIpc) is 2.44. The second-order valence-electron chi connectivity index (χ2n) is 4.70. The minimum atomic E-state index is -3.37. The monoisotopic (exact) mass is 348 g/mol. The van der Waals surface area contributed by atoms with Gasteiger partial charge in [0.05, 0.1) is 31.8 Å². The van der Waals surface area contributed by atoms with Crippen LogP contribution in [0.5, 0.6) is 11.8 Å². The number of nitrogens with one attached hydrogen (secondary N) is 1. The van der Waals surface area contributed by atoms with Gasteiger partial charge in [-0.3, -0.25) is 0 Å². The number of sulfonamides is 1. The number of thioether (sulfide) groups is 1. The maximum Gasteiger partial charge on any atom is 0.244 e. The summed E-state index contributed by atoms with van der Waals surface area (Å²) in [6.45, 7) is 3.98. The molecule has 1 aromatic heterocycles. The highest BCUT2D eigenvalue weighted by molar-refractivity contribution is 8.00. The predicted octanol–water partition coefficient (Wildman–Crippen LogP) is 1.15. The maximum atomic E-state index is 11.0. The topological polar surface area (TPSA) is 103 Å².